The highest BCUT2D eigenvalue weighted by Crippen LogP contribution is 2.24. The van der Waals surface area contributed by atoms with Gasteiger partial charge in [0, 0.05) is 12.1 Å². The van der Waals surface area contributed by atoms with Crippen LogP contribution in [0, 0.1) is 0 Å². The van der Waals surface area contributed by atoms with Crippen LogP contribution in [0.15, 0.2) is 0 Å². The Morgan fingerprint density at radius 3 is 2.92 bits per heavy atom. The number of alkyl halides is 1. The number of nitrogens with one attached hydrogen (secondary N) is 1. The van der Waals surface area contributed by atoms with Crippen LogP contribution in [0.25, 0.3) is 0 Å². The Balaban J connectivity index is 2.27. The van der Waals surface area contributed by atoms with Crippen molar-refractivity contribution < 1.29 is 9.13 Å². The third-order valence-electron chi connectivity index (χ3n) is 2.73. The second-order valence-electron chi connectivity index (χ2n) is 3.65. The Kier molecular flexibility index (Phi) is 3.47. The molecular formula is C9H18FNO. The first-order valence-corrected chi connectivity index (χ1v) is 4.61. The van der Waals surface area contributed by atoms with Crippen molar-refractivity contribution in [3.8, 4) is 0 Å². The largest absolute Gasteiger partial charge is 0.377 e. The van der Waals surface area contributed by atoms with E-state index in [9.17, 15) is 4.39 Å². The van der Waals surface area contributed by atoms with E-state index in [4.69, 9.17) is 4.74 Å². The molecule has 1 saturated heterocycles. The van der Waals surface area contributed by atoms with Gasteiger partial charge in [-0.05, 0) is 33.2 Å². The monoisotopic (exact) mass is 175 g/mol. The lowest BCUT2D eigenvalue weighted by Crippen LogP contribution is -2.48. The third kappa shape index (κ3) is 2.17. The maximum absolute atomic E-state index is 11.8. The summed E-state index contributed by atoms with van der Waals surface area (Å²) >= 11 is 0. The van der Waals surface area contributed by atoms with E-state index in [2.05, 4.69) is 19.2 Å². The highest BCUT2D eigenvalue weighted by molar-refractivity contribution is 4.93. The van der Waals surface area contributed by atoms with Gasteiger partial charge in [-0.2, -0.15) is 0 Å². The number of hydrogen-bond acceptors (Lipinski definition) is 2. The molecule has 0 aromatic rings. The normalized spacial score (nSPS) is 35.8. The molecule has 2 nitrogen and oxygen atoms in total. The third-order valence-corrected chi connectivity index (χ3v) is 2.73. The fourth-order valence-electron chi connectivity index (χ4n) is 1.51. The van der Waals surface area contributed by atoms with E-state index in [0.29, 0.717) is 6.42 Å². The molecule has 0 aromatic carbocycles. The molecule has 2 atom stereocenters. The number of rotatable bonds is 4. The van der Waals surface area contributed by atoms with Gasteiger partial charge < -0.3 is 10.1 Å². The van der Waals surface area contributed by atoms with Crippen LogP contribution < -0.4 is 5.32 Å². The van der Waals surface area contributed by atoms with E-state index in [-0.39, 0.29) is 18.3 Å². The average Bonchev–Trinajstić information content (AvgIpc) is 2.34. The zero-order valence-electron chi connectivity index (χ0n) is 7.90. The van der Waals surface area contributed by atoms with Crippen LogP contribution in [0.3, 0.4) is 0 Å². The molecule has 1 N–H and O–H groups in total. The summed E-state index contributed by atoms with van der Waals surface area (Å²) < 4.78 is 17.3. The Bertz CT molecular complexity index is 142. The number of hydrogen-bond donors (Lipinski definition) is 1. The van der Waals surface area contributed by atoms with E-state index >= 15 is 0 Å². The molecular weight excluding hydrogens is 157 g/mol. The fraction of sp³-hybridized carbons (Fsp3) is 1.00. The van der Waals surface area contributed by atoms with Gasteiger partial charge in [-0.25, -0.2) is 0 Å². The van der Waals surface area contributed by atoms with Crippen molar-refractivity contribution in [2.75, 3.05) is 19.8 Å². The first kappa shape index (κ1) is 9.93. The summed E-state index contributed by atoms with van der Waals surface area (Å²) in [6.45, 7) is 5.54. The molecule has 1 aliphatic heterocycles. The van der Waals surface area contributed by atoms with Gasteiger partial charge in [0.25, 0.3) is 0 Å². The average molecular weight is 175 g/mol. The predicted octanol–water partition coefficient (Wildman–Crippen LogP) is 1.50. The fourth-order valence-corrected chi connectivity index (χ4v) is 1.51. The van der Waals surface area contributed by atoms with Crippen LogP contribution in [0.2, 0.25) is 0 Å². The molecule has 0 aromatic heterocycles. The molecule has 0 spiro atoms. The van der Waals surface area contributed by atoms with E-state index in [0.717, 1.165) is 19.6 Å². The Morgan fingerprint density at radius 1 is 1.67 bits per heavy atom. The van der Waals surface area contributed by atoms with Crippen molar-refractivity contribution in [2.24, 2.45) is 0 Å². The van der Waals surface area contributed by atoms with Gasteiger partial charge in [0.05, 0.1) is 12.8 Å². The maximum atomic E-state index is 11.8. The smallest absolute Gasteiger partial charge is 0.0906 e. The molecule has 1 rings (SSSR count). The quantitative estimate of drug-likeness (QED) is 0.654. The molecule has 12 heavy (non-hydrogen) atoms. The summed E-state index contributed by atoms with van der Waals surface area (Å²) in [5, 5.41) is 3.34. The van der Waals surface area contributed by atoms with Gasteiger partial charge in [0.15, 0.2) is 0 Å². The van der Waals surface area contributed by atoms with E-state index < -0.39 is 0 Å². The van der Waals surface area contributed by atoms with Crippen molar-refractivity contribution in [1.82, 2.24) is 5.32 Å². The van der Waals surface area contributed by atoms with Crippen molar-refractivity contribution >= 4 is 0 Å². The second kappa shape index (κ2) is 4.19. The molecule has 0 amide bonds. The van der Waals surface area contributed by atoms with E-state index in [1.807, 2.05) is 0 Å². The predicted molar refractivity (Wildman–Crippen MR) is 47.0 cm³/mol. The summed E-state index contributed by atoms with van der Waals surface area (Å²) in [6.07, 6.45) is 1.88. The SMILES string of the molecule is CC1OCCC1(C)NCCCF. The van der Waals surface area contributed by atoms with E-state index in [1.165, 1.54) is 0 Å². The zero-order valence-corrected chi connectivity index (χ0v) is 7.90. The van der Waals surface area contributed by atoms with Gasteiger partial charge in [-0.15, -0.1) is 0 Å². The molecule has 1 aliphatic rings. The van der Waals surface area contributed by atoms with Crippen LogP contribution in [-0.2, 0) is 4.74 Å². The Labute approximate surface area is 73.5 Å². The summed E-state index contributed by atoms with van der Waals surface area (Å²) in [4.78, 5) is 0. The molecule has 3 heteroatoms. The highest BCUT2D eigenvalue weighted by Gasteiger charge is 2.35. The van der Waals surface area contributed by atoms with Gasteiger partial charge in [-0.1, -0.05) is 0 Å². The molecule has 1 fully saturated rings. The van der Waals surface area contributed by atoms with Gasteiger partial charge >= 0.3 is 0 Å². The molecule has 72 valence electrons. The summed E-state index contributed by atoms with van der Waals surface area (Å²) in [6, 6.07) is 0. The van der Waals surface area contributed by atoms with E-state index in [1.54, 1.807) is 0 Å². The number of halogens is 1. The van der Waals surface area contributed by atoms with Gasteiger partial charge in [0.1, 0.15) is 0 Å². The van der Waals surface area contributed by atoms with Crippen molar-refractivity contribution in [1.29, 1.82) is 0 Å². The van der Waals surface area contributed by atoms with Crippen molar-refractivity contribution in [2.45, 2.75) is 38.3 Å². The first-order chi connectivity index (χ1) is 5.69. The molecule has 0 aliphatic carbocycles. The molecule has 1 heterocycles. The zero-order chi connectivity index (χ0) is 9.03. The minimum atomic E-state index is -0.238. The lowest BCUT2D eigenvalue weighted by atomic mass is 9.95. The number of ether oxygens (including phenoxy) is 1. The summed E-state index contributed by atoms with van der Waals surface area (Å²) in [5.74, 6) is 0. The lowest BCUT2D eigenvalue weighted by Gasteiger charge is -2.28. The molecule has 0 saturated carbocycles. The molecule has 2 unspecified atom stereocenters. The minimum Gasteiger partial charge on any atom is -0.377 e. The maximum Gasteiger partial charge on any atom is 0.0906 e. The standard InChI is InChI=1S/C9H18FNO/c1-8-9(2,4-7-12-8)11-6-3-5-10/h8,11H,3-7H2,1-2H3. The van der Waals surface area contributed by atoms with Crippen LogP contribution >= 0.6 is 0 Å². The first-order valence-electron chi connectivity index (χ1n) is 4.61. The van der Waals surface area contributed by atoms with Crippen molar-refractivity contribution in [3.63, 3.8) is 0 Å². The Hall–Kier alpha value is -0.150. The second-order valence-corrected chi connectivity index (χ2v) is 3.65. The van der Waals surface area contributed by atoms with Crippen LogP contribution in [0.4, 0.5) is 4.39 Å². The Morgan fingerprint density at radius 2 is 2.42 bits per heavy atom. The van der Waals surface area contributed by atoms with Crippen LogP contribution in [0.5, 0.6) is 0 Å². The highest BCUT2D eigenvalue weighted by atomic mass is 19.1. The topological polar surface area (TPSA) is 21.3 Å². The van der Waals surface area contributed by atoms with Crippen molar-refractivity contribution in [3.05, 3.63) is 0 Å². The van der Waals surface area contributed by atoms with Crippen LogP contribution in [0.1, 0.15) is 26.7 Å². The van der Waals surface area contributed by atoms with Crippen LogP contribution in [-0.4, -0.2) is 31.5 Å². The summed E-state index contributed by atoms with van der Waals surface area (Å²) in [7, 11) is 0. The molecule has 0 radical (unpaired) electrons. The van der Waals surface area contributed by atoms with Gasteiger partial charge in [0.2, 0.25) is 0 Å². The lowest BCUT2D eigenvalue weighted by molar-refractivity contribution is 0.0885. The molecule has 0 bridgehead atoms. The minimum absolute atomic E-state index is 0.0647. The summed E-state index contributed by atoms with van der Waals surface area (Å²) in [5.41, 5.74) is 0.0647. The van der Waals surface area contributed by atoms with Gasteiger partial charge in [-0.3, -0.25) is 4.39 Å².